The van der Waals surface area contributed by atoms with Crippen LogP contribution in [0.2, 0.25) is 0 Å². The number of carbonyl (C=O) groups excluding carboxylic acids is 4. The number of amidine groups is 1. The molecule has 17 nitrogen and oxygen atoms in total. The van der Waals surface area contributed by atoms with Crippen molar-refractivity contribution in [3.8, 4) is 0 Å². The zero-order valence-electron chi connectivity index (χ0n) is 38.3. The van der Waals surface area contributed by atoms with Crippen LogP contribution in [0.25, 0.3) is 11.0 Å². The number of pyridine rings is 1. The fraction of sp³-hybridized carbons (Fsp3) is 0.553. The second kappa shape index (κ2) is 18.5. The van der Waals surface area contributed by atoms with E-state index >= 15 is 0 Å². The molecule has 17 heteroatoms. The molecule has 6 heterocycles. The van der Waals surface area contributed by atoms with Crippen LogP contribution in [0, 0.1) is 11.8 Å². The molecule has 342 valence electrons. The molecule has 1 aromatic carbocycles. The van der Waals surface area contributed by atoms with Gasteiger partial charge in [0.25, 0.3) is 0 Å². The number of aromatic amines is 1. The highest BCUT2D eigenvalue weighted by atomic mass is 16.5. The van der Waals surface area contributed by atoms with E-state index in [1.54, 1.807) is 0 Å². The van der Waals surface area contributed by atoms with Gasteiger partial charge in [-0.25, -0.2) is 19.6 Å². The topological polar surface area (TPSA) is 190 Å². The Hall–Kier alpha value is -6.13. The second-order valence-corrected chi connectivity index (χ2v) is 18.5. The number of carbonyl (C=O) groups is 4. The molecule has 0 saturated carbocycles. The summed E-state index contributed by atoms with van der Waals surface area (Å²) in [7, 11) is 6.58. The van der Waals surface area contributed by atoms with Crippen LogP contribution in [0.15, 0.2) is 64.9 Å². The molecule has 0 bridgehead atoms. The van der Waals surface area contributed by atoms with Gasteiger partial charge in [0.1, 0.15) is 29.6 Å². The second-order valence-electron chi connectivity index (χ2n) is 18.5. The Morgan fingerprint density at radius 2 is 1.44 bits per heavy atom. The van der Waals surface area contributed by atoms with E-state index in [2.05, 4.69) is 68.3 Å². The summed E-state index contributed by atoms with van der Waals surface area (Å²) >= 11 is 0. The van der Waals surface area contributed by atoms with Crippen molar-refractivity contribution in [1.29, 1.82) is 0 Å². The standard InChI is InChI=1S/C47H63N11O6/c1-26(2)40(53-46(61)63-7)44(59)56-21-9-11-37(56)42-49-31-16-13-28(23-33(31)51-42)35-18-19-36(58(35)30-15-20-39(48-25-30)55(5)6)29-14-17-32-34(24-29)52-43(50-32)38-12-10-22-57(38)45(60)41(27(3)4)54-47(62)64-8/h13-17,20,23,25-27,34-38,40-41H,9-12,18-19,21-22,24H2,1-8H3,(H,49,51)(H,50,52)(H,53,61)(H,54,62)/t34?,35?,36-,37+,38?,40+,41?/m1/s1. The summed E-state index contributed by atoms with van der Waals surface area (Å²) in [5, 5.41) is 9.08. The first-order valence-corrected chi connectivity index (χ1v) is 22.7. The number of amides is 4. The van der Waals surface area contributed by atoms with Crippen molar-refractivity contribution in [2.45, 2.75) is 115 Å². The number of likely N-dealkylation sites (tertiary alicyclic amines) is 2. The highest BCUT2D eigenvalue weighted by Gasteiger charge is 2.43. The van der Waals surface area contributed by atoms with E-state index < -0.39 is 24.3 Å². The number of fused-ring (bicyclic) bond motifs is 2. The van der Waals surface area contributed by atoms with Crippen molar-refractivity contribution in [2.75, 3.05) is 51.2 Å². The Morgan fingerprint density at radius 1 is 0.797 bits per heavy atom. The predicted molar refractivity (Wildman–Crippen MR) is 245 cm³/mol. The molecule has 3 saturated heterocycles. The molecule has 7 atom stereocenters. The molecule has 4 N–H and O–H groups in total. The molecule has 4 unspecified atom stereocenters. The Morgan fingerprint density at radius 3 is 2.05 bits per heavy atom. The number of hydrogen-bond acceptors (Lipinski definition) is 12. The number of allylic oxidation sites excluding steroid dienone is 2. The van der Waals surface area contributed by atoms with E-state index in [0.717, 1.165) is 90.4 Å². The van der Waals surface area contributed by atoms with Gasteiger partial charge in [-0.2, -0.15) is 0 Å². The van der Waals surface area contributed by atoms with Crippen molar-refractivity contribution in [3.05, 3.63) is 71.3 Å². The molecule has 2 aromatic heterocycles. The third-order valence-corrected chi connectivity index (χ3v) is 13.5. The zero-order chi connectivity index (χ0) is 45.4. The molecular formula is C47H63N11O6. The predicted octanol–water partition coefficient (Wildman–Crippen LogP) is 5.73. The van der Waals surface area contributed by atoms with Crippen LogP contribution in [-0.4, -0.2) is 126 Å². The average molecular weight is 878 g/mol. The number of anilines is 2. The van der Waals surface area contributed by atoms with Gasteiger partial charge in [-0.15, -0.1) is 0 Å². The zero-order valence-corrected chi connectivity index (χ0v) is 38.3. The lowest BCUT2D eigenvalue weighted by molar-refractivity contribution is -0.135. The monoisotopic (exact) mass is 877 g/mol. The Kier molecular flexibility index (Phi) is 12.9. The van der Waals surface area contributed by atoms with Crippen molar-refractivity contribution >= 4 is 52.4 Å². The van der Waals surface area contributed by atoms with Crippen molar-refractivity contribution in [1.82, 2.24) is 40.7 Å². The third kappa shape index (κ3) is 8.72. The summed E-state index contributed by atoms with van der Waals surface area (Å²) in [5.74, 6) is 1.93. The maximum atomic E-state index is 13.9. The maximum absolute atomic E-state index is 13.9. The van der Waals surface area contributed by atoms with Crippen LogP contribution in [0.4, 0.5) is 21.1 Å². The van der Waals surface area contributed by atoms with Gasteiger partial charge < -0.3 is 50.0 Å². The molecule has 5 aliphatic rings. The van der Waals surface area contributed by atoms with E-state index in [-0.39, 0.29) is 53.9 Å². The van der Waals surface area contributed by atoms with E-state index in [1.165, 1.54) is 19.8 Å². The lowest BCUT2D eigenvalue weighted by Gasteiger charge is -2.35. The molecule has 1 aliphatic carbocycles. The van der Waals surface area contributed by atoms with Crippen LogP contribution in [0.1, 0.15) is 96.1 Å². The molecule has 4 aliphatic heterocycles. The lowest BCUT2D eigenvalue weighted by atomic mass is 9.92. The summed E-state index contributed by atoms with van der Waals surface area (Å²) in [5.41, 5.74) is 6.26. The number of rotatable bonds is 12. The van der Waals surface area contributed by atoms with E-state index in [0.29, 0.717) is 13.1 Å². The summed E-state index contributed by atoms with van der Waals surface area (Å²) in [6.07, 6.45) is 11.0. The smallest absolute Gasteiger partial charge is 0.407 e. The van der Waals surface area contributed by atoms with Gasteiger partial charge in [0, 0.05) is 32.9 Å². The fourth-order valence-corrected chi connectivity index (χ4v) is 10.2. The number of imidazole rings is 1. The largest absolute Gasteiger partial charge is 0.453 e. The molecule has 4 amide bonds. The number of aliphatic imine (C=N–C) groups is 1. The Balaban J connectivity index is 1.03. The van der Waals surface area contributed by atoms with Gasteiger partial charge in [0.05, 0.1) is 67.3 Å². The molecule has 0 radical (unpaired) electrons. The van der Waals surface area contributed by atoms with Crippen molar-refractivity contribution in [3.63, 3.8) is 0 Å². The first kappa shape index (κ1) is 44.5. The number of ether oxygens (including phenoxy) is 2. The van der Waals surface area contributed by atoms with Crippen molar-refractivity contribution < 1.29 is 28.7 Å². The van der Waals surface area contributed by atoms with Gasteiger partial charge in [0.15, 0.2) is 0 Å². The summed E-state index contributed by atoms with van der Waals surface area (Å²) in [6.45, 7) is 8.85. The highest BCUT2D eigenvalue weighted by Crippen LogP contribution is 2.45. The number of nitrogens with zero attached hydrogens (tertiary/aromatic N) is 7. The minimum absolute atomic E-state index is 0.0477. The van der Waals surface area contributed by atoms with Gasteiger partial charge in [0.2, 0.25) is 11.8 Å². The van der Waals surface area contributed by atoms with Crippen LogP contribution < -0.4 is 25.8 Å². The Labute approximate surface area is 375 Å². The van der Waals surface area contributed by atoms with Crippen LogP contribution >= 0.6 is 0 Å². The minimum atomic E-state index is -0.707. The van der Waals surface area contributed by atoms with Crippen LogP contribution in [0.3, 0.4) is 0 Å². The van der Waals surface area contributed by atoms with Crippen molar-refractivity contribution in [2.24, 2.45) is 16.8 Å². The quantitative estimate of drug-likeness (QED) is 0.174. The van der Waals surface area contributed by atoms with Gasteiger partial charge in [-0.1, -0.05) is 39.8 Å². The molecule has 8 rings (SSSR count). The molecular weight excluding hydrogens is 815 g/mol. The number of nitrogens with one attached hydrogen (secondary N) is 4. The first-order chi connectivity index (χ1) is 30.8. The number of benzene rings is 1. The molecule has 3 aromatic rings. The summed E-state index contributed by atoms with van der Waals surface area (Å²) < 4.78 is 9.66. The average Bonchev–Trinajstić information content (AvgIpc) is 4.14. The highest BCUT2D eigenvalue weighted by molar-refractivity contribution is 5.97. The van der Waals surface area contributed by atoms with Gasteiger partial charge in [-0.05, 0) is 98.3 Å². The van der Waals surface area contributed by atoms with Gasteiger partial charge in [-0.3, -0.25) is 14.6 Å². The number of methoxy groups -OCH3 is 2. The molecule has 0 spiro atoms. The van der Waals surface area contributed by atoms with E-state index in [9.17, 15) is 19.2 Å². The lowest BCUT2D eigenvalue weighted by Crippen LogP contribution is -2.54. The Bertz CT molecular complexity index is 2340. The SMILES string of the molecule is COC(=O)NC(C(=O)N1CCCC1C1=NC2CC([C@H]3CCC(c4ccc5nc([C@@H]6CCCN6C(=O)[C@@H](NC(=O)OC)C(C)C)[nH]c5c4)N3c3ccc(N(C)C)nc3)=CC=C2N1)C(C)C. The molecule has 64 heavy (non-hydrogen) atoms. The van der Waals surface area contributed by atoms with Gasteiger partial charge >= 0.3 is 12.2 Å². The number of alkyl carbamates (subject to hydrolysis) is 2. The summed E-state index contributed by atoms with van der Waals surface area (Å²) in [4.78, 5) is 79.0. The number of H-pyrrole nitrogens is 1. The van der Waals surface area contributed by atoms with E-state index in [1.807, 2.05) is 62.7 Å². The minimum Gasteiger partial charge on any atom is -0.453 e. The van der Waals surface area contributed by atoms with Crippen LogP contribution in [0.5, 0.6) is 0 Å². The summed E-state index contributed by atoms with van der Waals surface area (Å²) in [6, 6.07) is 8.88. The van der Waals surface area contributed by atoms with Crippen LogP contribution in [-0.2, 0) is 19.1 Å². The first-order valence-electron chi connectivity index (χ1n) is 22.7. The fourth-order valence-electron chi connectivity index (χ4n) is 10.2. The molecule has 3 fully saturated rings. The number of hydrogen-bond donors (Lipinski definition) is 4. The maximum Gasteiger partial charge on any atom is 0.407 e. The normalized spacial score (nSPS) is 23.9. The number of aromatic nitrogens is 3. The third-order valence-electron chi connectivity index (χ3n) is 13.5. The van der Waals surface area contributed by atoms with E-state index in [4.69, 9.17) is 24.4 Å².